The third kappa shape index (κ3) is 4.19. The maximum atomic E-state index is 5.72. The molecule has 2 rings (SSSR count). The molecular weight excluding hydrogens is 230 g/mol. The van der Waals surface area contributed by atoms with E-state index in [2.05, 4.69) is 12.2 Å². The van der Waals surface area contributed by atoms with Crippen molar-refractivity contribution in [3.05, 3.63) is 0 Å². The highest BCUT2D eigenvalue weighted by Crippen LogP contribution is 2.35. The third-order valence-corrected chi connectivity index (χ3v) is 3.88. The number of hydrogen-bond donors (Lipinski definition) is 1. The van der Waals surface area contributed by atoms with Crippen molar-refractivity contribution in [2.24, 2.45) is 0 Å². The van der Waals surface area contributed by atoms with Gasteiger partial charge in [-0.15, -0.1) is 0 Å². The Bertz CT molecular complexity index is 219. The lowest BCUT2D eigenvalue weighted by Crippen LogP contribution is -2.42. The second-order valence-corrected chi connectivity index (χ2v) is 5.30. The van der Waals surface area contributed by atoms with E-state index in [9.17, 15) is 0 Å². The van der Waals surface area contributed by atoms with Crippen LogP contribution in [0, 0.1) is 0 Å². The normalized spacial score (nSPS) is 23.8. The first-order valence-electron chi connectivity index (χ1n) is 7.44. The Morgan fingerprint density at radius 3 is 2.56 bits per heavy atom. The van der Waals surface area contributed by atoms with Gasteiger partial charge in [-0.25, -0.2) is 0 Å². The molecule has 2 fully saturated rings. The van der Waals surface area contributed by atoms with Crippen LogP contribution < -0.4 is 5.32 Å². The van der Waals surface area contributed by atoms with Crippen molar-refractivity contribution >= 4 is 0 Å². The summed E-state index contributed by atoms with van der Waals surface area (Å²) in [4.78, 5) is 0. The SMILES string of the molecule is CCCCOCCNC1CCC2(CC1)OCCO2. The largest absolute Gasteiger partial charge is 0.380 e. The van der Waals surface area contributed by atoms with Crippen molar-refractivity contribution in [2.75, 3.05) is 33.0 Å². The van der Waals surface area contributed by atoms with Gasteiger partial charge in [0.2, 0.25) is 0 Å². The van der Waals surface area contributed by atoms with E-state index in [1.165, 1.54) is 12.8 Å². The molecule has 106 valence electrons. The molecule has 1 spiro atoms. The molecular formula is C14H27NO3. The van der Waals surface area contributed by atoms with Crippen LogP contribution in [0.3, 0.4) is 0 Å². The topological polar surface area (TPSA) is 39.7 Å². The van der Waals surface area contributed by atoms with Gasteiger partial charge in [-0.05, 0) is 19.3 Å². The van der Waals surface area contributed by atoms with Crippen molar-refractivity contribution in [2.45, 2.75) is 57.3 Å². The van der Waals surface area contributed by atoms with Crippen molar-refractivity contribution in [1.82, 2.24) is 5.32 Å². The zero-order valence-electron chi connectivity index (χ0n) is 11.6. The van der Waals surface area contributed by atoms with Crippen LogP contribution in [0.5, 0.6) is 0 Å². The first-order chi connectivity index (χ1) is 8.85. The molecule has 1 heterocycles. The monoisotopic (exact) mass is 257 g/mol. The van der Waals surface area contributed by atoms with Crippen molar-refractivity contribution in [3.8, 4) is 0 Å². The lowest BCUT2D eigenvalue weighted by Gasteiger charge is -2.35. The lowest BCUT2D eigenvalue weighted by molar-refractivity contribution is -0.179. The number of rotatable bonds is 7. The summed E-state index contributed by atoms with van der Waals surface area (Å²) in [5, 5.41) is 3.57. The fourth-order valence-corrected chi connectivity index (χ4v) is 2.73. The predicted molar refractivity (Wildman–Crippen MR) is 70.6 cm³/mol. The minimum absolute atomic E-state index is 0.226. The molecule has 4 nitrogen and oxygen atoms in total. The molecule has 1 aliphatic heterocycles. The summed E-state index contributed by atoms with van der Waals surface area (Å²) in [5.41, 5.74) is 0. The highest BCUT2D eigenvalue weighted by molar-refractivity contribution is 4.85. The summed E-state index contributed by atoms with van der Waals surface area (Å²) in [6.07, 6.45) is 6.73. The Morgan fingerprint density at radius 2 is 1.89 bits per heavy atom. The summed E-state index contributed by atoms with van der Waals surface area (Å²) in [6.45, 7) is 6.41. The second-order valence-electron chi connectivity index (χ2n) is 5.30. The predicted octanol–water partition coefficient (Wildman–Crippen LogP) is 2.08. The van der Waals surface area contributed by atoms with Gasteiger partial charge >= 0.3 is 0 Å². The smallest absolute Gasteiger partial charge is 0.168 e. The number of hydrogen-bond acceptors (Lipinski definition) is 4. The van der Waals surface area contributed by atoms with Gasteiger partial charge in [0.05, 0.1) is 19.8 Å². The zero-order chi connectivity index (χ0) is 12.7. The van der Waals surface area contributed by atoms with Crippen LogP contribution in [0.25, 0.3) is 0 Å². The van der Waals surface area contributed by atoms with Crippen molar-refractivity contribution < 1.29 is 14.2 Å². The quantitative estimate of drug-likeness (QED) is 0.709. The van der Waals surface area contributed by atoms with Gasteiger partial charge in [0, 0.05) is 32.0 Å². The Labute approximate surface area is 110 Å². The van der Waals surface area contributed by atoms with Crippen molar-refractivity contribution in [3.63, 3.8) is 0 Å². The molecule has 0 aromatic heterocycles. The Kier molecular flexibility index (Phi) is 5.89. The van der Waals surface area contributed by atoms with Crippen LogP contribution in [0.1, 0.15) is 45.4 Å². The van der Waals surface area contributed by atoms with Gasteiger partial charge in [0.1, 0.15) is 0 Å². The maximum Gasteiger partial charge on any atom is 0.168 e. The molecule has 0 aromatic rings. The molecule has 1 saturated carbocycles. The molecule has 0 bridgehead atoms. The molecule has 0 aromatic carbocycles. The van der Waals surface area contributed by atoms with Crippen LogP contribution in [-0.4, -0.2) is 44.8 Å². The average Bonchev–Trinajstić information content (AvgIpc) is 2.85. The van der Waals surface area contributed by atoms with Crippen molar-refractivity contribution in [1.29, 1.82) is 0 Å². The number of nitrogens with one attached hydrogen (secondary N) is 1. The van der Waals surface area contributed by atoms with E-state index in [1.807, 2.05) is 0 Å². The second kappa shape index (κ2) is 7.43. The summed E-state index contributed by atoms with van der Waals surface area (Å²) in [6, 6.07) is 0.609. The van der Waals surface area contributed by atoms with E-state index in [1.54, 1.807) is 0 Å². The summed E-state index contributed by atoms with van der Waals surface area (Å²) >= 11 is 0. The Hall–Kier alpha value is -0.160. The standard InChI is InChI=1S/C14H27NO3/c1-2-3-9-16-10-8-15-13-4-6-14(7-5-13)17-11-12-18-14/h13,15H,2-12H2,1H3. The van der Waals surface area contributed by atoms with Gasteiger partial charge < -0.3 is 19.5 Å². The molecule has 1 saturated heterocycles. The third-order valence-electron chi connectivity index (χ3n) is 3.88. The molecule has 0 atom stereocenters. The number of ether oxygens (including phenoxy) is 3. The summed E-state index contributed by atoms with van der Waals surface area (Å²) in [5.74, 6) is -0.226. The first-order valence-corrected chi connectivity index (χ1v) is 7.44. The van der Waals surface area contributed by atoms with E-state index in [-0.39, 0.29) is 5.79 Å². The molecule has 1 aliphatic carbocycles. The van der Waals surface area contributed by atoms with Gasteiger partial charge in [-0.3, -0.25) is 0 Å². The van der Waals surface area contributed by atoms with Gasteiger partial charge in [-0.1, -0.05) is 13.3 Å². The van der Waals surface area contributed by atoms with E-state index in [0.29, 0.717) is 6.04 Å². The Morgan fingerprint density at radius 1 is 1.17 bits per heavy atom. The fourth-order valence-electron chi connectivity index (χ4n) is 2.73. The van der Waals surface area contributed by atoms with Crippen LogP contribution in [0.2, 0.25) is 0 Å². The average molecular weight is 257 g/mol. The van der Waals surface area contributed by atoms with Gasteiger partial charge in [0.15, 0.2) is 5.79 Å². The fraction of sp³-hybridized carbons (Fsp3) is 1.00. The first kappa shape index (κ1) is 14.3. The molecule has 1 N–H and O–H groups in total. The summed E-state index contributed by atoms with van der Waals surface area (Å²) in [7, 11) is 0. The summed E-state index contributed by atoms with van der Waals surface area (Å²) < 4.78 is 17.0. The maximum absolute atomic E-state index is 5.72. The molecule has 2 aliphatic rings. The number of unbranched alkanes of at least 4 members (excludes halogenated alkanes) is 1. The molecule has 4 heteroatoms. The van der Waals surface area contributed by atoms with Gasteiger partial charge in [-0.2, -0.15) is 0 Å². The van der Waals surface area contributed by atoms with Crippen LogP contribution >= 0.6 is 0 Å². The molecule has 0 unspecified atom stereocenters. The van der Waals surface area contributed by atoms with E-state index < -0.39 is 0 Å². The van der Waals surface area contributed by atoms with E-state index >= 15 is 0 Å². The minimum Gasteiger partial charge on any atom is -0.380 e. The van der Waals surface area contributed by atoms with Crippen LogP contribution in [0.15, 0.2) is 0 Å². The molecule has 0 radical (unpaired) electrons. The zero-order valence-corrected chi connectivity index (χ0v) is 11.6. The van der Waals surface area contributed by atoms with E-state index in [4.69, 9.17) is 14.2 Å². The van der Waals surface area contributed by atoms with Crippen LogP contribution in [0.4, 0.5) is 0 Å². The van der Waals surface area contributed by atoms with Crippen LogP contribution in [-0.2, 0) is 14.2 Å². The molecule has 18 heavy (non-hydrogen) atoms. The Balaban J connectivity index is 1.51. The van der Waals surface area contributed by atoms with Gasteiger partial charge in [0.25, 0.3) is 0 Å². The molecule has 0 amide bonds. The lowest BCUT2D eigenvalue weighted by atomic mass is 9.90. The highest BCUT2D eigenvalue weighted by Gasteiger charge is 2.39. The highest BCUT2D eigenvalue weighted by atomic mass is 16.7. The van der Waals surface area contributed by atoms with E-state index in [0.717, 1.165) is 58.7 Å². The minimum atomic E-state index is -0.226.